The van der Waals surface area contributed by atoms with Gasteiger partial charge in [-0.1, -0.05) is 23.9 Å². The van der Waals surface area contributed by atoms with Gasteiger partial charge in [-0.2, -0.15) is 0 Å². The van der Waals surface area contributed by atoms with Crippen molar-refractivity contribution in [2.75, 3.05) is 6.26 Å². The predicted molar refractivity (Wildman–Crippen MR) is 81.9 cm³/mol. The molecule has 0 bridgehead atoms. The second-order valence-corrected chi connectivity index (χ2v) is 8.74. The quantitative estimate of drug-likeness (QED) is 0.898. The van der Waals surface area contributed by atoms with Crippen LogP contribution in [0.5, 0.6) is 0 Å². The minimum absolute atomic E-state index is 0.0716. The van der Waals surface area contributed by atoms with Crippen LogP contribution < -0.4 is 0 Å². The van der Waals surface area contributed by atoms with Gasteiger partial charge in [0.15, 0.2) is 14.2 Å². The van der Waals surface area contributed by atoms with E-state index in [1.54, 1.807) is 31.2 Å². The molecule has 21 heavy (non-hydrogen) atoms. The minimum Gasteiger partial charge on any atom is -0.481 e. The molecule has 0 aliphatic heterocycles. The van der Waals surface area contributed by atoms with Gasteiger partial charge in [0.25, 0.3) is 0 Å². The van der Waals surface area contributed by atoms with Crippen LogP contribution >= 0.6 is 23.1 Å². The first-order chi connectivity index (χ1) is 9.77. The number of carbonyl (C=O) groups is 1. The zero-order valence-corrected chi connectivity index (χ0v) is 13.8. The van der Waals surface area contributed by atoms with E-state index in [1.165, 1.54) is 23.1 Å². The fraction of sp³-hybridized carbons (Fsp3) is 0.231. The first-order valence-corrected chi connectivity index (χ1v) is 9.45. The Kier molecular flexibility index (Phi) is 4.70. The van der Waals surface area contributed by atoms with Crippen molar-refractivity contribution < 1.29 is 18.3 Å². The molecular formula is C13H13NO4S3. The van der Waals surface area contributed by atoms with E-state index in [-0.39, 0.29) is 11.3 Å². The van der Waals surface area contributed by atoms with Crippen LogP contribution in [0.15, 0.2) is 38.4 Å². The van der Waals surface area contributed by atoms with E-state index < -0.39 is 15.8 Å². The van der Waals surface area contributed by atoms with Crippen LogP contribution in [0, 0.1) is 6.92 Å². The van der Waals surface area contributed by atoms with Crippen LogP contribution in [-0.2, 0) is 21.1 Å². The summed E-state index contributed by atoms with van der Waals surface area (Å²) in [5.41, 5.74) is 0.668. The summed E-state index contributed by atoms with van der Waals surface area (Å²) in [7, 11) is -3.31. The number of thiazole rings is 1. The van der Waals surface area contributed by atoms with Gasteiger partial charge in [0, 0.05) is 16.0 Å². The van der Waals surface area contributed by atoms with Crippen molar-refractivity contribution in [2.45, 2.75) is 27.5 Å². The topological polar surface area (TPSA) is 84.3 Å². The number of benzene rings is 1. The number of aliphatic carboxylic acids is 1. The van der Waals surface area contributed by atoms with Crippen molar-refractivity contribution in [1.29, 1.82) is 0 Å². The minimum atomic E-state index is -3.31. The molecule has 0 saturated carbocycles. The van der Waals surface area contributed by atoms with Crippen molar-refractivity contribution in [2.24, 2.45) is 0 Å². The van der Waals surface area contributed by atoms with Gasteiger partial charge in [-0.25, -0.2) is 13.4 Å². The largest absolute Gasteiger partial charge is 0.481 e. The van der Waals surface area contributed by atoms with E-state index in [2.05, 4.69) is 4.98 Å². The van der Waals surface area contributed by atoms with Gasteiger partial charge in [0.2, 0.25) is 0 Å². The Labute approximate surface area is 131 Å². The molecule has 112 valence electrons. The number of carboxylic acid groups (broad SMARTS) is 1. The van der Waals surface area contributed by atoms with E-state index in [4.69, 9.17) is 5.11 Å². The molecule has 2 rings (SSSR count). The number of rotatable bonds is 5. The first-order valence-electron chi connectivity index (χ1n) is 5.92. The molecule has 0 spiro atoms. The number of carboxylic acids is 1. The number of sulfone groups is 1. The maximum absolute atomic E-state index is 11.8. The number of aryl methyl sites for hydroxylation is 1. The van der Waals surface area contributed by atoms with E-state index in [0.717, 1.165) is 6.26 Å². The summed E-state index contributed by atoms with van der Waals surface area (Å²) >= 11 is 2.52. The summed E-state index contributed by atoms with van der Waals surface area (Å²) in [6, 6.07) is 6.70. The monoisotopic (exact) mass is 343 g/mol. The molecule has 0 fully saturated rings. The lowest BCUT2D eigenvalue weighted by atomic mass is 10.3. The molecule has 0 aliphatic carbocycles. The van der Waals surface area contributed by atoms with E-state index in [9.17, 15) is 13.2 Å². The average Bonchev–Trinajstić information content (AvgIpc) is 2.68. The molecule has 0 saturated heterocycles. The smallest absolute Gasteiger partial charge is 0.308 e. The standard InChI is InChI=1S/C13H13NO4S3/c1-8-10(7-12(15)16)20-13(14-8)19-9-5-3-4-6-11(9)21(2,17)18/h3-6H,7H2,1-2H3,(H,15,16). The molecule has 1 aromatic carbocycles. The number of hydrogen-bond donors (Lipinski definition) is 1. The zero-order valence-electron chi connectivity index (χ0n) is 11.4. The lowest BCUT2D eigenvalue weighted by Gasteiger charge is -2.04. The van der Waals surface area contributed by atoms with Gasteiger partial charge >= 0.3 is 5.97 Å². The third kappa shape index (κ3) is 4.05. The van der Waals surface area contributed by atoms with Crippen LogP contribution in [0.25, 0.3) is 0 Å². The Bertz CT molecular complexity index is 780. The van der Waals surface area contributed by atoms with E-state index in [1.807, 2.05) is 0 Å². The van der Waals surface area contributed by atoms with Crippen LogP contribution in [0.1, 0.15) is 10.6 Å². The molecule has 1 aromatic heterocycles. The Hall–Kier alpha value is -1.38. The fourth-order valence-corrected chi connectivity index (χ4v) is 5.23. The highest BCUT2D eigenvalue weighted by atomic mass is 32.2. The fourth-order valence-electron chi connectivity index (χ4n) is 1.68. The SMILES string of the molecule is Cc1nc(Sc2ccccc2S(C)(=O)=O)sc1CC(=O)O. The number of aromatic nitrogens is 1. The molecule has 0 atom stereocenters. The van der Waals surface area contributed by atoms with Gasteiger partial charge in [-0.3, -0.25) is 4.79 Å². The first kappa shape index (κ1) is 16.0. The zero-order chi connectivity index (χ0) is 15.6. The van der Waals surface area contributed by atoms with E-state index in [0.29, 0.717) is 19.8 Å². The van der Waals surface area contributed by atoms with Gasteiger partial charge in [0.05, 0.1) is 17.0 Å². The lowest BCUT2D eigenvalue weighted by Crippen LogP contribution is -1.99. The lowest BCUT2D eigenvalue weighted by molar-refractivity contribution is -0.136. The molecule has 0 aliphatic rings. The highest BCUT2D eigenvalue weighted by Gasteiger charge is 2.16. The summed E-state index contributed by atoms with van der Waals surface area (Å²) in [5.74, 6) is -0.908. The maximum Gasteiger partial charge on any atom is 0.308 e. The summed E-state index contributed by atoms with van der Waals surface area (Å²) in [6.45, 7) is 1.75. The molecule has 0 radical (unpaired) electrons. The third-order valence-corrected chi connectivity index (χ3v) is 6.21. The Morgan fingerprint density at radius 1 is 1.38 bits per heavy atom. The molecular weight excluding hydrogens is 330 g/mol. The second-order valence-electron chi connectivity index (χ2n) is 4.38. The van der Waals surface area contributed by atoms with Crippen LogP contribution in [0.4, 0.5) is 0 Å². The highest BCUT2D eigenvalue weighted by Crippen LogP contribution is 2.36. The summed E-state index contributed by atoms with van der Waals surface area (Å²) in [6.07, 6.45) is 1.09. The van der Waals surface area contributed by atoms with Crippen LogP contribution in [0.2, 0.25) is 0 Å². The maximum atomic E-state index is 11.8. The molecule has 2 aromatic rings. The van der Waals surface area contributed by atoms with Crippen molar-refractivity contribution >= 4 is 38.9 Å². The normalized spacial score (nSPS) is 11.5. The van der Waals surface area contributed by atoms with Gasteiger partial charge in [-0.05, 0) is 19.1 Å². The predicted octanol–water partition coefficient (Wildman–Crippen LogP) is 2.63. The molecule has 1 N–H and O–H groups in total. The Morgan fingerprint density at radius 3 is 2.67 bits per heavy atom. The van der Waals surface area contributed by atoms with Gasteiger partial charge < -0.3 is 5.11 Å². The third-order valence-electron chi connectivity index (χ3n) is 2.63. The molecule has 5 nitrogen and oxygen atoms in total. The number of nitrogens with zero attached hydrogens (tertiary/aromatic N) is 1. The Balaban J connectivity index is 2.33. The Morgan fingerprint density at radius 2 is 2.05 bits per heavy atom. The van der Waals surface area contributed by atoms with Crippen molar-refractivity contribution in [3.8, 4) is 0 Å². The average molecular weight is 343 g/mol. The van der Waals surface area contributed by atoms with Crippen molar-refractivity contribution in [3.05, 3.63) is 34.8 Å². The van der Waals surface area contributed by atoms with Crippen LogP contribution in [0.3, 0.4) is 0 Å². The summed E-state index contributed by atoms with van der Waals surface area (Å²) in [4.78, 5) is 16.6. The van der Waals surface area contributed by atoms with E-state index >= 15 is 0 Å². The van der Waals surface area contributed by atoms with Gasteiger partial charge in [0.1, 0.15) is 0 Å². The molecule has 0 amide bonds. The summed E-state index contributed by atoms with van der Waals surface area (Å²) < 4.78 is 24.1. The number of hydrogen-bond acceptors (Lipinski definition) is 6. The van der Waals surface area contributed by atoms with Gasteiger partial charge in [-0.15, -0.1) is 11.3 Å². The van der Waals surface area contributed by atoms with Crippen molar-refractivity contribution in [1.82, 2.24) is 4.98 Å². The molecule has 0 unspecified atom stereocenters. The molecule has 8 heteroatoms. The van der Waals surface area contributed by atoms with Crippen molar-refractivity contribution in [3.63, 3.8) is 0 Å². The highest BCUT2D eigenvalue weighted by molar-refractivity contribution is 8.01. The molecule has 1 heterocycles. The summed E-state index contributed by atoms with van der Waals surface area (Å²) in [5, 5.41) is 8.83. The van der Waals surface area contributed by atoms with Crippen LogP contribution in [-0.4, -0.2) is 30.7 Å². The second kappa shape index (κ2) is 6.17.